The topological polar surface area (TPSA) is 83.6 Å². The van der Waals surface area contributed by atoms with Crippen LogP contribution in [0.5, 0.6) is 0 Å². The molecule has 1 aromatic heterocycles. The van der Waals surface area contributed by atoms with E-state index in [0.717, 1.165) is 29.8 Å². The van der Waals surface area contributed by atoms with Crippen LogP contribution in [-0.2, 0) is 11.8 Å². The lowest BCUT2D eigenvalue weighted by atomic mass is 9.98. The Balaban J connectivity index is 1.66. The van der Waals surface area contributed by atoms with Crippen molar-refractivity contribution in [2.45, 2.75) is 37.4 Å². The molecule has 1 fully saturated rings. The first-order valence-electron chi connectivity index (χ1n) is 8.25. The van der Waals surface area contributed by atoms with Crippen molar-refractivity contribution in [1.29, 1.82) is 5.26 Å². The summed E-state index contributed by atoms with van der Waals surface area (Å²) in [5.74, 6) is 1.11. The summed E-state index contributed by atoms with van der Waals surface area (Å²) in [6, 6.07) is 10.2. The lowest BCUT2D eigenvalue weighted by molar-refractivity contribution is -0.119. The molecule has 0 unspecified atom stereocenters. The number of amides is 1. The molecule has 1 aliphatic rings. The zero-order valence-corrected chi connectivity index (χ0v) is 15.4. The lowest BCUT2D eigenvalue weighted by Gasteiger charge is -2.22. The smallest absolute Gasteiger partial charge is 0.231 e. The minimum absolute atomic E-state index is 0.151. The summed E-state index contributed by atoms with van der Waals surface area (Å²) in [5, 5.41) is 21.3. The van der Waals surface area contributed by atoms with Gasteiger partial charge in [-0.3, -0.25) is 4.79 Å². The first kappa shape index (κ1) is 17.5. The molecular formula is C18H21N5OS. The second-order valence-electron chi connectivity index (χ2n) is 6.61. The number of nitriles is 1. The van der Waals surface area contributed by atoms with Gasteiger partial charge in [0.2, 0.25) is 5.91 Å². The Morgan fingerprint density at radius 1 is 1.44 bits per heavy atom. The number of carbonyl (C=O) groups is 1. The number of hydrogen-bond donors (Lipinski definition) is 1. The van der Waals surface area contributed by atoms with Gasteiger partial charge < -0.3 is 9.88 Å². The molecular weight excluding hydrogens is 334 g/mol. The van der Waals surface area contributed by atoms with E-state index in [9.17, 15) is 10.1 Å². The zero-order chi connectivity index (χ0) is 18.0. The van der Waals surface area contributed by atoms with Crippen molar-refractivity contribution < 1.29 is 4.79 Å². The third kappa shape index (κ3) is 3.69. The molecule has 0 spiro atoms. The van der Waals surface area contributed by atoms with Crippen LogP contribution >= 0.6 is 11.8 Å². The van der Waals surface area contributed by atoms with Crippen molar-refractivity contribution in [3.05, 3.63) is 29.8 Å². The van der Waals surface area contributed by atoms with E-state index in [1.165, 1.54) is 11.8 Å². The Morgan fingerprint density at radius 2 is 2.16 bits per heavy atom. The zero-order valence-electron chi connectivity index (χ0n) is 14.6. The normalized spacial score (nSPS) is 16.1. The molecule has 1 N–H and O–H groups in total. The Morgan fingerprint density at radius 3 is 2.80 bits per heavy atom. The number of benzene rings is 1. The van der Waals surface area contributed by atoms with Crippen molar-refractivity contribution in [2.24, 2.45) is 13.0 Å². The van der Waals surface area contributed by atoms with Crippen LogP contribution in [0.25, 0.3) is 11.4 Å². The third-order valence-electron chi connectivity index (χ3n) is 4.58. The predicted molar refractivity (Wildman–Crippen MR) is 96.8 cm³/mol. The molecule has 130 valence electrons. The highest BCUT2D eigenvalue weighted by Gasteiger charge is 2.42. The highest BCUT2D eigenvalue weighted by molar-refractivity contribution is 7.99. The number of carbonyl (C=O) groups excluding carboxylic acids is 1. The van der Waals surface area contributed by atoms with Gasteiger partial charge in [0.25, 0.3) is 0 Å². The largest absolute Gasteiger partial charge is 0.337 e. The van der Waals surface area contributed by atoms with Crippen molar-refractivity contribution in [1.82, 2.24) is 20.1 Å². The molecule has 0 aliphatic heterocycles. The summed E-state index contributed by atoms with van der Waals surface area (Å²) in [7, 11) is 1.89. The fourth-order valence-electron chi connectivity index (χ4n) is 2.84. The fourth-order valence-corrected chi connectivity index (χ4v) is 3.55. The Hall–Kier alpha value is -2.33. The standard InChI is InChI=1S/C18H21N5OS/c1-12-6-4-5-7-14(12)16-21-22-17(23(16)3)25-10-15(24)20-18(2,11-19)13-8-9-13/h4-7,13H,8-10H2,1-3H3,(H,20,24)/t18-/m0/s1. The van der Waals surface area contributed by atoms with Gasteiger partial charge in [0.15, 0.2) is 11.0 Å². The first-order chi connectivity index (χ1) is 11.9. The van der Waals surface area contributed by atoms with Crippen molar-refractivity contribution >= 4 is 17.7 Å². The van der Waals surface area contributed by atoms with Crippen LogP contribution < -0.4 is 5.32 Å². The maximum Gasteiger partial charge on any atom is 0.231 e. The number of aromatic nitrogens is 3. The van der Waals surface area contributed by atoms with E-state index in [4.69, 9.17) is 0 Å². The van der Waals surface area contributed by atoms with E-state index in [2.05, 4.69) is 21.6 Å². The minimum Gasteiger partial charge on any atom is -0.337 e. The summed E-state index contributed by atoms with van der Waals surface area (Å²) in [4.78, 5) is 12.2. The van der Waals surface area contributed by atoms with Gasteiger partial charge in [-0.1, -0.05) is 36.0 Å². The number of thioether (sulfide) groups is 1. The van der Waals surface area contributed by atoms with E-state index < -0.39 is 5.54 Å². The number of rotatable bonds is 6. The SMILES string of the molecule is Cc1ccccc1-c1nnc(SCC(=O)N[C@@](C)(C#N)C2CC2)n1C. The second kappa shape index (κ2) is 6.89. The number of aryl methyl sites for hydroxylation is 1. The van der Waals surface area contributed by atoms with Gasteiger partial charge in [-0.05, 0) is 38.2 Å². The van der Waals surface area contributed by atoms with Crippen molar-refractivity contribution in [2.75, 3.05) is 5.75 Å². The molecule has 3 rings (SSSR count). The van der Waals surface area contributed by atoms with Gasteiger partial charge in [0, 0.05) is 12.6 Å². The van der Waals surface area contributed by atoms with Gasteiger partial charge in [-0.15, -0.1) is 10.2 Å². The molecule has 0 saturated heterocycles. The van der Waals surface area contributed by atoms with E-state index >= 15 is 0 Å². The quantitative estimate of drug-likeness (QED) is 0.806. The van der Waals surface area contributed by atoms with Crippen molar-refractivity contribution in [3.63, 3.8) is 0 Å². The molecule has 7 heteroatoms. The third-order valence-corrected chi connectivity index (χ3v) is 5.60. The Bertz CT molecular complexity index is 836. The van der Waals surface area contributed by atoms with E-state index in [0.29, 0.717) is 5.16 Å². The summed E-state index contributed by atoms with van der Waals surface area (Å²) in [5.41, 5.74) is 1.39. The molecule has 1 heterocycles. The Kier molecular flexibility index (Phi) is 4.82. The van der Waals surface area contributed by atoms with E-state index in [1.807, 2.05) is 42.8 Å². The van der Waals surface area contributed by atoms with Gasteiger partial charge in [-0.25, -0.2) is 0 Å². The predicted octanol–water partition coefficient (Wildman–Crippen LogP) is 2.69. The average molecular weight is 355 g/mol. The van der Waals surface area contributed by atoms with E-state index in [-0.39, 0.29) is 17.6 Å². The highest BCUT2D eigenvalue weighted by atomic mass is 32.2. The number of nitrogens with one attached hydrogen (secondary N) is 1. The van der Waals surface area contributed by atoms with Crippen LogP contribution in [-0.4, -0.2) is 32.0 Å². The Labute approximate surface area is 151 Å². The van der Waals surface area contributed by atoms with Crippen LogP contribution in [0.4, 0.5) is 0 Å². The first-order valence-corrected chi connectivity index (χ1v) is 9.23. The van der Waals surface area contributed by atoms with Crippen LogP contribution in [0.15, 0.2) is 29.4 Å². The summed E-state index contributed by atoms with van der Waals surface area (Å²) in [6.45, 7) is 3.83. The summed E-state index contributed by atoms with van der Waals surface area (Å²) >= 11 is 1.33. The molecule has 1 atom stereocenters. The maximum atomic E-state index is 12.2. The van der Waals surface area contributed by atoms with Crippen LogP contribution in [0.3, 0.4) is 0 Å². The highest BCUT2D eigenvalue weighted by Crippen LogP contribution is 2.39. The number of hydrogen-bond acceptors (Lipinski definition) is 5. The average Bonchev–Trinajstić information content (AvgIpc) is 3.39. The van der Waals surface area contributed by atoms with Gasteiger partial charge in [0.05, 0.1) is 11.8 Å². The molecule has 1 aliphatic carbocycles. The van der Waals surface area contributed by atoms with Gasteiger partial charge in [0.1, 0.15) is 5.54 Å². The molecule has 0 radical (unpaired) electrons. The minimum atomic E-state index is -0.760. The lowest BCUT2D eigenvalue weighted by Crippen LogP contribution is -2.47. The van der Waals surface area contributed by atoms with Crippen molar-refractivity contribution in [3.8, 4) is 17.5 Å². The molecule has 1 saturated carbocycles. The van der Waals surface area contributed by atoms with Gasteiger partial charge in [-0.2, -0.15) is 5.26 Å². The molecule has 1 aromatic carbocycles. The maximum absolute atomic E-state index is 12.2. The second-order valence-corrected chi connectivity index (χ2v) is 7.55. The van der Waals surface area contributed by atoms with E-state index in [1.54, 1.807) is 6.92 Å². The summed E-state index contributed by atoms with van der Waals surface area (Å²) < 4.78 is 1.89. The molecule has 25 heavy (non-hydrogen) atoms. The van der Waals surface area contributed by atoms with Gasteiger partial charge >= 0.3 is 0 Å². The van der Waals surface area contributed by atoms with Crippen LogP contribution in [0.2, 0.25) is 0 Å². The molecule has 6 nitrogen and oxygen atoms in total. The van der Waals surface area contributed by atoms with Crippen LogP contribution in [0.1, 0.15) is 25.3 Å². The fraction of sp³-hybridized carbons (Fsp3) is 0.444. The number of nitrogens with zero attached hydrogens (tertiary/aromatic N) is 4. The molecule has 1 amide bonds. The molecule has 2 aromatic rings. The monoisotopic (exact) mass is 355 g/mol. The van der Waals surface area contributed by atoms with Crippen LogP contribution in [0, 0.1) is 24.2 Å². The molecule has 0 bridgehead atoms. The summed E-state index contributed by atoms with van der Waals surface area (Å²) in [6.07, 6.45) is 2.00.